The number of pyridine rings is 2. The molecule has 0 saturated heterocycles. The van der Waals surface area contributed by atoms with E-state index < -0.39 is 0 Å². The molecule has 1 aromatic carbocycles. The topological polar surface area (TPSA) is 41.6 Å². The summed E-state index contributed by atoms with van der Waals surface area (Å²) >= 11 is 7.66. The molecule has 0 aliphatic heterocycles. The zero-order valence-electron chi connectivity index (χ0n) is 12.0. The van der Waals surface area contributed by atoms with Crippen LogP contribution < -0.4 is 0 Å². The largest absolute Gasteiger partial charge is 0.337 e. The van der Waals surface area contributed by atoms with Crippen LogP contribution in [-0.2, 0) is 0 Å². The molecule has 4 aromatic rings. The average Bonchev–Trinajstić information content (AvgIpc) is 2.96. The van der Waals surface area contributed by atoms with E-state index in [0.717, 1.165) is 37.2 Å². The Balaban J connectivity index is 1.87. The maximum atomic E-state index is 5.98. The number of benzene rings is 1. The highest BCUT2D eigenvalue weighted by Gasteiger charge is 2.15. The van der Waals surface area contributed by atoms with Crippen molar-refractivity contribution in [1.82, 2.24) is 15.0 Å². The van der Waals surface area contributed by atoms with Gasteiger partial charge in [-0.1, -0.05) is 29.4 Å². The van der Waals surface area contributed by atoms with Gasteiger partial charge < -0.3 is 4.98 Å². The second kappa shape index (κ2) is 6.07. The smallest absolute Gasteiger partial charge is 0.138 e. The van der Waals surface area contributed by atoms with Gasteiger partial charge in [-0.2, -0.15) is 0 Å². The van der Waals surface area contributed by atoms with E-state index in [9.17, 15) is 0 Å². The fourth-order valence-electron chi connectivity index (χ4n) is 2.42. The SMILES string of the molecule is Clc1ccc(Sc2c(-c3ccccn3)[nH]c3ncccc23)cc1. The van der Waals surface area contributed by atoms with Gasteiger partial charge in [0.05, 0.1) is 11.4 Å². The van der Waals surface area contributed by atoms with E-state index in [4.69, 9.17) is 11.6 Å². The van der Waals surface area contributed by atoms with Gasteiger partial charge in [-0.3, -0.25) is 4.98 Å². The molecule has 0 fully saturated rings. The highest BCUT2D eigenvalue weighted by Crippen LogP contribution is 2.40. The van der Waals surface area contributed by atoms with Crippen LogP contribution in [0.1, 0.15) is 0 Å². The molecular weight excluding hydrogens is 326 g/mol. The Morgan fingerprint density at radius 1 is 0.870 bits per heavy atom. The lowest BCUT2D eigenvalue weighted by Crippen LogP contribution is -1.84. The minimum Gasteiger partial charge on any atom is -0.337 e. The van der Waals surface area contributed by atoms with Crippen molar-refractivity contribution in [3.05, 3.63) is 72.0 Å². The normalized spacial score (nSPS) is 11.0. The Labute approximate surface area is 142 Å². The summed E-state index contributed by atoms with van der Waals surface area (Å²) in [5, 5.41) is 1.83. The quantitative estimate of drug-likeness (QED) is 0.542. The number of rotatable bonds is 3. The molecule has 23 heavy (non-hydrogen) atoms. The Bertz CT molecular complexity index is 949. The first kappa shape index (κ1) is 14.3. The molecule has 0 amide bonds. The second-order valence-electron chi connectivity index (χ2n) is 5.00. The third-order valence-electron chi connectivity index (χ3n) is 3.48. The standard InChI is InChI=1S/C18H12ClN3S/c19-12-6-8-13(9-7-12)23-17-14-4-3-11-21-18(14)22-16(17)15-5-1-2-10-20-15/h1-11H,(H,21,22). The number of aromatic nitrogens is 3. The summed E-state index contributed by atoms with van der Waals surface area (Å²) in [4.78, 5) is 14.5. The van der Waals surface area contributed by atoms with E-state index in [1.54, 1.807) is 24.2 Å². The van der Waals surface area contributed by atoms with E-state index in [2.05, 4.69) is 21.0 Å². The van der Waals surface area contributed by atoms with E-state index >= 15 is 0 Å². The molecule has 0 spiro atoms. The van der Waals surface area contributed by atoms with E-state index in [1.165, 1.54) is 0 Å². The Kier molecular flexibility index (Phi) is 3.77. The number of nitrogens with zero attached hydrogens (tertiary/aromatic N) is 2. The third kappa shape index (κ3) is 2.83. The summed E-state index contributed by atoms with van der Waals surface area (Å²) in [7, 11) is 0. The van der Waals surface area contributed by atoms with Crippen LogP contribution in [0.4, 0.5) is 0 Å². The minimum atomic E-state index is 0.736. The molecule has 0 bridgehead atoms. The Hall–Kier alpha value is -2.30. The maximum Gasteiger partial charge on any atom is 0.138 e. The summed E-state index contributed by atoms with van der Waals surface area (Å²) in [5.74, 6) is 0. The van der Waals surface area contributed by atoms with Crippen LogP contribution in [0.2, 0.25) is 5.02 Å². The molecule has 0 aliphatic carbocycles. The van der Waals surface area contributed by atoms with Gasteiger partial charge in [-0.25, -0.2) is 4.98 Å². The van der Waals surface area contributed by atoms with Crippen LogP contribution in [0.5, 0.6) is 0 Å². The monoisotopic (exact) mass is 337 g/mol. The van der Waals surface area contributed by atoms with Crippen LogP contribution in [0, 0.1) is 0 Å². The lowest BCUT2D eigenvalue weighted by atomic mass is 10.2. The zero-order valence-corrected chi connectivity index (χ0v) is 13.6. The van der Waals surface area contributed by atoms with Gasteiger partial charge >= 0.3 is 0 Å². The number of halogens is 1. The molecule has 3 heterocycles. The van der Waals surface area contributed by atoms with E-state index in [1.807, 2.05) is 48.5 Å². The number of fused-ring (bicyclic) bond motifs is 1. The van der Waals surface area contributed by atoms with Gasteiger partial charge in [0.25, 0.3) is 0 Å². The van der Waals surface area contributed by atoms with Crippen molar-refractivity contribution in [2.75, 3.05) is 0 Å². The Morgan fingerprint density at radius 2 is 1.70 bits per heavy atom. The maximum absolute atomic E-state index is 5.98. The molecule has 3 aromatic heterocycles. The van der Waals surface area contributed by atoms with Crippen molar-refractivity contribution >= 4 is 34.4 Å². The van der Waals surface area contributed by atoms with Gasteiger partial charge in [0.2, 0.25) is 0 Å². The van der Waals surface area contributed by atoms with Gasteiger partial charge in [0.1, 0.15) is 5.65 Å². The summed E-state index contributed by atoms with van der Waals surface area (Å²) in [6.45, 7) is 0. The second-order valence-corrected chi connectivity index (χ2v) is 6.52. The molecule has 4 rings (SSSR count). The highest BCUT2D eigenvalue weighted by atomic mass is 35.5. The molecule has 0 saturated carbocycles. The zero-order chi connectivity index (χ0) is 15.6. The van der Waals surface area contributed by atoms with Crippen molar-refractivity contribution in [2.45, 2.75) is 9.79 Å². The number of hydrogen-bond acceptors (Lipinski definition) is 3. The number of aromatic amines is 1. The number of nitrogens with one attached hydrogen (secondary N) is 1. The molecule has 0 radical (unpaired) electrons. The van der Waals surface area contributed by atoms with Crippen molar-refractivity contribution in [3.63, 3.8) is 0 Å². The molecule has 1 N–H and O–H groups in total. The first-order valence-electron chi connectivity index (χ1n) is 7.13. The predicted molar refractivity (Wildman–Crippen MR) is 94.9 cm³/mol. The van der Waals surface area contributed by atoms with Crippen LogP contribution in [-0.4, -0.2) is 15.0 Å². The lowest BCUT2D eigenvalue weighted by Gasteiger charge is -2.04. The van der Waals surface area contributed by atoms with E-state index in [0.29, 0.717) is 0 Å². The van der Waals surface area contributed by atoms with Gasteiger partial charge in [0.15, 0.2) is 0 Å². The predicted octanol–water partition coefficient (Wildman–Crippen LogP) is 5.43. The average molecular weight is 338 g/mol. The lowest BCUT2D eigenvalue weighted by molar-refractivity contribution is 1.25. The van der Waals surface area contributed by atoms with Crippen LogP contribution in [0.15, 0.2) is 76.8 Å². The molecular formula is C18H12ClN3S. The highest BCUT2D eigenvalue weighted by molar-refractivity contribution is 7.99. The fraction of sp³-hybridized carbons (Fsp3) is 0. The van der Waals surface area contributed by atoms with E-state index in [-0.39, 0.29) is 0 Å². The first-order valence-corrected chi connectivity index (χ1v) is 8.32. The summed E-state index contributed by atoms with van der Waals surface area (Å²) < 4.78 is 0. The fourth-order valence-corrected chi connectivity index (χ4v) is 3.58. The molecule has 3 nitrogen and oxygen atoms in total. The van der Waals surface area contributed by atoms with Gasteiger partial charge in [-0.15, -0.1) is 0 Å². The summed E-state index contributed by atoms with van der Waals surface area (Å²) in [6, 6.07) is 17.8. The molecule has 0 aliphatic rings. The summed E-state index contributed by atoms with van der Waals surface area (Å²) in [5.41, 5.74) is 2.76. The molecule has 0 atom stereocenters. The number of H-pyrrole nitrogens is 1. The summed E-state index contributed by atoms with van der Waals surface area (Å²) in [6.07, 6.45) is 3.59. The molecule has 112 valence electrons. The minimum absolute atomic E-state index is 0.736. The third-order valence-corrected chi connectivity index (χ3v) is 4.87. The van der Waals surface area contributed by atoms with Gasteiger partial charge in [0, 0.05) is 32.6 Å². The molecule has 0 unspecified atom stereocenters. The van der Waals surface area contributed by atoms with Crippen LogP contribution in [0.25, 0.3) is 22.4 Å². The van der Waals surface area contributed by atoms with Crippen LogP contribution in [0.3, 0.4) is 0 Å². The Morgan fingerprint density at radius 3 is 2.48 bits per heavy atom. The van der Waals surface area contributed by atoms with Gasteiger partial charge in [-0.05, 0) is 48.5 Å². The van der Waals surface area contributed by atoms with Crippen molar-refractivity contribution in [3.8, 4) is 11.4 Å². The van der Waals surface area contributed by atoms with Crippen molar-refractivity contribution in [1.29, 1.82) is 0 Å². The number of hydrogen-bond donors (Lipinski definition) is 1. The van der Waals surface area contributed by atoms with Crippen molar-refractivity contribution in [2.24, 2.45) is 0 Å². The first-order chi connectivity index (χ1) is 11.3. The van der Waals surface area contributed by atoms with Crippen LogP contribution >= 0.6 is 23.4 Å². The van der Waals surface area contributed by atoms with Crippen molar-refractivity contribution < 1.29 is 0 Å². The molecule has 5 heteroatoms.